The van der Waals surface area contributed by atoms with E-state index in [4.69, 9.17) is 4.74 Å². The average Bonchev–Trinajstić information content (AvgIpc) is 2.45. The number of hydrogen-bond donors (Lipinski definition) is 2. The third-order valence-corrected chi connectivity index (χ3v) is 3.32. The molecular weight excluding hydrogens is 264 g/mol. The van der Waals surface area contributed by atoms with Gasteiger partial charge in [-0.15, -0.1) is 0 Å². The van der Waals surface area contributed by atoms with Gasteiger partial charge in [0.1, 0.15) is 5.75 Å². The molecule has 0 saturated heterocycles. The Kier molecular flexibility index (Phi) is 4.48. The van der Waals surface area contributed by atoms with Gasteiger partial charge in [0.2, 0.25) is 0 Å². The molecule has 4 nitrogen and oxygen atoms in total. The fourth-order valence-corrected chi connectivity index (χ4v) is 2.05. The van der Waals surface area contributed by atoms with Gasteiger partial charge in [-0.3, -0.25) is 0 Å². The third-order valence-electron chi connectivity index (χ3n) is 3.32. The van der Waals surface area contributed by atoms with E-state index < -0.39 is 0 Å². The zero-order valence-electron chi connectivity index (χ0n) is 12.8. The number of methoxy groups -OCH3 is 1. The molecule has 0 atom stereocenters. The van der Waals surface area contributed by atoms with Gasteiger partial charge in [0.05, 0.1) is 7.11 Å². The van der Waals surface area contributed by atoms with E-state index in [1.54, 1.807) is 7.11 Å². The van der Waals surface area contributed by atoms with E-state index in [2.05, 4.69) is 10.6 Å². The highest BCUT2D eigenvalue weighted by molar-refractivity contribution is 6.00. The molecule has 0 bridgehead atoms. The van der Waals surface area contributed by atoms with Crippen LogP contribution in [0.5, 0.6) is 5.75 Å². The predicted molar refractivity (Wildman–Crippen MR) is 86.3 cm³/mol. The lowest BCUT2D eigenvalue weighted by atomic mass is 10.1. The molecule has 0 fully saturated rings. The molecule has 4 heteroatoms. The van der Waals surface area contributed by atoms with Gasteiger partial charge in [-0.05, 0) is 61.7 Å². The molecule has 0 saturated carbocycles. The Morgan fingerprint density at radius 3 is 2.29 bits per heavy atom. The molecule has 0 unspecified atom stereocenters. The maximum atomic E-state index is 12.1. The summed E-state index contributed by atoms with van der Waals surface area (Å²) in [6.45, 7) is 5.89. The monoisotopic (exact) mass is 284 g/mol. The van der Waals surface area contributed by atoms with E-state index in [-0.39, 0.29) is 6.03 Å². The summed E-state index contributed by atoms with van der Waals surface area (Å²) in [5.74, 6) is 0.771. The standard InChI is InChI=1S/C17H20N2O2/c1-11-5-6-12(2)16(9-11)19-17(20)18-15-8-7-14(21-4)10-13(15)3/h5-10H,1-4H3,(H2,18,19,20). The summed E-state index contributed by atoms with van der Waals surface area (Å²) >= 11 is 0. The number of benzene rings is 2. The number of nitrogens with one attached hydrogen (secondary N) is 2. The molecule has 2 rings (SSSR count). The first kappa shape index (κ1) is 14.9. The van der Waals surface area contributed by atoms with Gasteiger partial charge in [0.25, 0.3) is 0 Å². The SMILES string of the molecule is COc1ccc(NC(=O)Nc2cc(C)ccc2C)c(C)c1. The minimum absolute atomic E-state index is 0.253. The minimum atomic E-state index is -0.253. The van der Waals surface area contributed by atoms with Crippen molar-refractivity contribution < 1.29 is 9.53 Å². The lowest BCUT2D eigenvalue weighted by molar-refractivity contribution is 0.262. The lowest BCUT2D eigenvalue weighted by Gasteiger charge is -2.12. The second kappa shape index (κ2) is 6.31. The molecule has 0 radical (unpaired) electrons. The second-order valence-electron chi connectivity index (χ2n) is 5.08. The quantitative estimate of drug-likeness (QED) is 0.884. The summed E-state index contributed by atoms with van der Waals surface area (Å²) in [5, 5.41) is 5.73. The molecule has 0 aliphatic rings. The van der Waals surface area contributed by atoms with Crippen molar-refractivity contribution in [2.75, 3.05) is 17.7 Å². The topological polar surface area (TPSA) is 50.4 Å². The van der Waals surface area contributed by atoms with Gasteiger partial charge in [0.15, 0.2) is 0 Å². The Bertz CT molecular complexity index is 666. The van der Waals surface area contributed by atoms with Crippen molar-refractivity contribution in [1.29, 1.82) is 0 Å². The summed E-state index contributed by atoms with van der Waals surface area (Å²) in [6.07, 6.45) is 0. The van der Waals surface area contributed by atoms with Gasteiger partial charge in [-0.25, -0.2) is 4.79 Å². The van der Waals surface area contributed by atoms with E-state index in [9.17, 15) is 4.79 Å². The third kappa shape index (κ3) is 3.75. The Labute approximate surface area is 125 Å². The van der Waals surface area contributed by atoms with Crippen molar-refractivity contribution in [2.24, 2.45) is 0 Å². The summed E-state index contributed by atoms with van der Waals surface area (Å²) in [4.78, 5) is 12.1. The van der Waals surface area contributed by atoms with E-state index >= 15 is 0 Å². The van der Waals surface area contributed by atoms with Crippen LogP contribution in [0.2, 0.25) is 0 Å². The molecule has 2 amide bonds. The molecule has 2 aromatic carbocycles. The van der Waals surface area contributed by atoms with Crippen molar-refractivity contribution in [3.63, 3.8) is 0 Å². The Morgan fingerprint density at radius 1 is 0.905 bits per heavy atom. The maximum absolute atomic E-state index is 12.1. The number of hydrogen-bond acceptors (Lipinski definition) is 2. The molecule has 0 heterocycles. The summed E-state index contributed by atoms with van der Waals surface area (Å²) in [7, 11) is 1.62. The predicted octanol–water partition coefficient (Wildman–Crippen LogP) is 4.26. The number of anilines is 2. The van der Waals surface area contributed by atoms with E-state index in [0.29, 0.717) is 0 Å². The maximum Gasteiger partial charge on any atom is 0.323 e. The molecule has 21 heavy (non-hydrogen) atoms. The zero-order valence-corrected chi connectivity index (χ0v) is 12.8. The summed E-state index contributed by atoms with van der Waals surface area (Å²) < 4.78 is 5.15. The number of carbonyl (C=O) groups excluding carboxylic acids is 1. The molecule has 0 spiro atoms. The van der Waals surface area contributed by atoms with E-state index in [1.165, 1.54) is 0 Å². The van der Waals surface area contributed by atoms with Crippen molar-refractivity contribution in [3.8, 4) is 5.75 Å². The first-order valence-electron chi connectivity index (χ1n) is 6.79. The molecular formula is C17H20N2O2. The number of rotatable bonds is 3. The van der Waals surface area contributed by atoms with Crippen molar-refractivity contribution >= 4 is 17.4 Å². The van der Waals surface area contributed by atoms with Gasteiger partial charge in [-0.1, -0.05) is 12.1 Å². The molecule has 0 aromatic heterocycles. The highest BCUT2D eigenvalue weighted by atomic mass is 16.5. The second-order valence-corrected chi connectivity index (χ2v) is 5.08. The van der Waals surface area contributed by atoms with Crippen LogP contribution in [0, 0.1) is 20.8 Å². The fourth-order valence-electron chi connectivity index (χ4n) is 2.05. The normalized spacial score (nSPS) is 10.1. The molecule has 110 valence electrons. The number of amides is 2. The van der Waals surface area contributed by atoms with Crippen LogP contribution < -0.4 is 15.4 Å². The molecule has 2 N–H and O–H groups in total. The first-order valence-corrected chi connectivity index (χ1v) is 6.79. The Balaban J connectivity index is 2.10. The van der Waals surface area contributed by atoms with Crippen LogP contribution in [0.3, 0.4) is 0 Å². The number of urea groups is 1. The Morgan fingerprint density at radius 2 is 1.62 bits per heavy atom. The van der Waals surface area contributed by atoms with E-state index in [0.717, 1.165) is 33.8 Å². The largest absolute Gasteiger partial charge is 0.497 e. The van der Waals surface area contributed by atoms with Gasteiger partial charge >= 0.3 is 6.03 Å². The fraction of sp³-hybridized carbons (Fsp3) is 0.235. The highest BCUT2D eigenvalue weighted by Gasteiger charge is 2.07. The summed E-state index contributed by atoms with van der Waals surface area (Å²) in [6, 6.07) is 11.2. The van der Waals surface area contributed by atoms with Crippen LogP contribution >= 0.6 is 0 Å². The highest BCUT2D eigenvalue weighted by Crippen LogP contribution is 2.22. The lowest BCUT2D eigenvalue weighted by Crippen LogP contribution is -2.20. The van der Waals surface area contributed by atoms with Crippen molar-refractivity contribution in [2.45, 2.75) is 20.8 Å². The minimum Gasteiger partial charge on any atom is -0.497 e. The van der Waals surface area contributed by atoms with Crippen LogP contribution in [0.25, 0.3) is 0 Å². The van der Waals surface area contributed by atoms with Crippen LogP contribution in [-0.4, -0.2) is 13.1 Å². The number of ether oxygens (including phenoxy) is 1. The van der Waals surface area contributed by atoms with Crippen LogP contribution in [0.4, 0.5) is 16.2 Å². The number of carbonyl (C=O) groups is 1. The van der Waals surface area contributed by atoms with Crippen molar-refractivity contribution in [1.82, 2.24) is 0 Å². The average molecular weight is 284 g/mol. The van der Waals surface area contributed by atoms with E-state index in [1.807, 2.05) is 57.2 Å². The molecule has 0 aliphatic heterocycles. The van der Waals surface area contributed by atoms with Gasteiger partial charge < -0.3 is 15.4 Å². The van der Waals surface area contributed by atoms with Gasteiger partial charge in [0, 0.05) is 11.4 Å². The zero-order chi connectivity index (χ0) is 15.4. The molecule has 0 aliphatic carbocycles. The first-order chi connectivity index (χ1) is 9.99. The smallest absolute Gasteiger partial charge is 0.323 e. The number of aryl methyl sites for hydroxylation is 3. The van der Waals surface area contributed by atoms with Crippen molar-refractivity contribution in [3.05, 3.63) is 53.1 Å². The summed E-state index contributed by atoms with van der Waals surface area (Å²) in [5.41, 5.74) is 4.67. The van der Waals surface area contributed by atoms with Crippen LogP contribution in [0.15, 0.2) is 36.4 Å². The van der Waals surface area contributed by atoms with Crippen LogP contribution in [-0.2, 0) is 0 Å². The Hall–Kier alpha value is -2.49. The molecule has 2 aromatic rings. The van der Waals surface area contributed by atoms with Crippen LogP contribution in [0.1, 0.15) is 16.7 Å². The van der Waals surface area contributed by atoms with Gasteiger partial charge in [-0.2, -0.15) is 0 Å².